The Morgan fingerprint density at radius 2 is 1.74 bits per heavy atom. The number of benzene rings is 2. The first-order chi connectivity index (χ1) is 16.5. The van der Waals surface area contributed by atoms with Crippen LogP contribution in [0.5, 0.6) is 17.2 Å². The van der Waals surface area contributed by atoms with E-state index in [9.17, 15) is 9.59 Å². The molecule has 9 heteroatoms. The average Bonchev–Trinajstić information content (AvgIpc) is 3.16. The Labute approximate surface area is 203 Å². The lowest BCUT2D eigenvalue weighted by Crippen LogP contribution is -2.30. The van der Waals surface area contributed by atoms with Gasteiger partial charge in [-0.2, -0.15) is 0 Å². The van der Waals surface area contributed by atoms with Gasteiger partial charge in [-0.25, -0.2) is 4.99 Å². The van der Waals surface area contributed by atoms with Gasteiger partial charge in [0.05, 0.1) is 33.6 Å². The van der Waals surface area contributed by atoms with Crippen LogP contribution in [0.15, 0.2) is 53.2 Å². The lowest BCUT2D eigenvalue weighted by molar-refractivity contribution is -0.143. The fraction of sp³-hybridized carbons (Fsp3) is 0.320. The first-order valence-corrected chi connectivity index (χ1v) is 11.8. The van der Waals surface area contributed by atoms with Crippen LogP contribution in [-0.4, -0.2) is 50.7 Å². The zero-order valence-electron chi connectivity index (χ0n) is 19.7. The number of thioether (sulfide) groups is 1. The van der Waals surface area contributed by atoms with Gasteiger partial charge in [0.1, 0.15) is 22.9 Å². The van der Waals surface area contributed by atoms with Gasteiger partial charge in [-0.1, -0.05) is 11.8 Å². The molecule has 1 aliphatic heterocycles. The molecule has 0 atom stereocenters. The molecule has 0 N–H and O–H groups in total. The zero-order valence-corrected chi connectivity index (χ0v) is 20.5. The van der Waals surface area contributed by atoms with Gasteiger partial charge in [-0.05, 0) is 55.8 Å². The minimum Gasteiger partial charge on any atom is -0.497 e. The first-order valence-electron chi connectivity index (χ1n) is 10.8. The van der Waals surface area contributed by atoms with Crippen LogP contribution in [0.25, 0.3) is 6.08 Å². The Balaban J connectivity index is 1.87. The van der Waals surface area contributed by atoms with Crippen LogP contribution in [0, 0.1) is 0 Å². The molecule has 1 aliphatic rings. The van der Waals surface area contributed by atoms with E-state index in [1.807, 2.05) is 18.2 Å². The molecule has 0 bridgehead atoms. The van der Waals surface area contributed by atoms with Gasteiger partial charge in [0.25, 0.3) is 5.91 Å². The lowest BCUT2D eigenvalue weighted by atomic mass is 10.1. The number of amides is 1. The summed E-state index contributed by atoms with van der Waals surface area (Å²) < 4.78 is 20.9. The summed E-state index contributed by atoms with van der Waals surface area (Å²) >= 11 is 1.42. The predicted molar refractivity (Wildman–Crippen MR) is 134 cm³/mol. The number of esters is 1. The van der Waals surface area contributed by atoms with Gasteiger partial charge in [0.2, 0.25) is 0 Å². The second-order valence-corrected chi connectivity index (χ2v) is 8.19. The third-order valence-corrected chi connectivity index (χ3v) is 5.98. The quantitative estimate of drug-likeness (QED) is 0.278. The number of amidine groups is 1. The molecule has 0 aromatic heterocycles. The molecule has 8 nitrogen and oxygen atoms in total. The van der Waals surface area contributed by atoms with E-state index in [1.54, 1.807) is 63.5 Å². The van der Waals surface area contributed by atoms with Crippen LogP contribution in [0.3, 0.4) is 0 Å². The number of carbonyl (C=O) groups is 2. The van der Waals surface area contributed by atoms with Gasteiger partial charge in [-0.3, -0.25) is 14.5 Å². The molecule has 0 aliphatic carbocycles. The number of ether oxygens (including phenoxy) is 4. The summed E-state index contributed by atoms with van der Waals surface area (Å²) in [6.45, 7) is 2.14. The van der Waals surface area contributed by atoms with Crippen LogP contribution in [0.4, 0.5) is 5.69 Å². The van der Waals surface area contributed by atoms with E-state index >= 15 is 0 Å². The standard InChI is InChI=1S/C25H28N2O6S/c1-5-33-23(28)7-6-14-34-25-26-21(15-17-8-11-20(31-3)16-22(17)32-4)24(29)27(25)18-9-12-19(30-2)13-10-18/h8-13,15-16H,5-7,14H2,1-4H3. The first kappa shape index (κ1) is 25.2. The van der Waals surface area contributed by atoms with E-state index in [1.165, 1.54) is 11.8 Å². The Kier molecular flexibility index (Phi) is 8.98. The van der Waals surface area contributed by atoms with Gasteiger partial charge in [0.15, 0.2) is 5.17 Å². The minimum atomic E-state index is -0.254. The number of hydrogen-bond acceptors (Lipinski definition) is 8. The molecule has 0 spiro atoms. The summed E-state index contributed by atoms with van der Waals surface area (Å²) in [6.07, 6.45) is 2.62. The van der Waals surface area contributed by atoms with Crippen molar-refractivity contribution in [2.45, 2.75) is 19.8 Å². The third kappa shape index (κ3) is 6.11. The van der Waals surface area contributed by atoms with Crippen LogP contribution in [0.2, 0.25) is 0 Å². The van der Waals surface area contributed by atoms with Crippen molar-refractivity contribution < 1.29 is 28.5 Å². The maximum absolute atomic E-state index is 13.4. The second kappa shape index (κ2) is 12.1. The summed E-state index contributed by atoms with van der Waals surface area (Å²) in [5.41, 5.74) is 1.67. The highest BCUT2D eigenvalue weighted by atomic mass is 32.2. The zero-order chi connectivity index (χ0) is 24.5. The largest absolute Gasteiger partial charge is 0.497 e. The molecule has 34 heavy (non-hydrogen) atoms. The predicted octanol–water partition coefficient (Wildman–Crippen LogP) is 4.53. The van der Waals surface area contributed by atoms with Gasteiger partial charge < -0.3 is 18.9 Å². The molecule has 180 valence electrons. The smallest absolute Gasteiger partial charge is 0.305 e. The molecule has 0 radical (unpaired) electrons. The summed E-state index contributed by atoms with van der Waals surface area (Å²) in [4.78, 5) is 31.2. The Bertz CT molecular complexity index is 1080. The third-order valence-electron chi connectivity index (χ3n) is 4.95. The SMILES string of the molecule is CCOC(=O)CCCSC1=NC(=Cc2ccc(OC)cc2OC)C(=O)N1c1ccc(OC)cc1. The monoisotopic (exact) mass is 484 g/mol. The molecule has 0 saturated carbocycles. The second-order valence-electron chi connectivity index (χ2n) is 7.13. The van der Waals surface area contributed by atoms with E-state index in [2.05, 4.69) is 4.99 Å². The van der Waals surface area contributed by atoms with Crippen molar-refractivity contribution in [3.63, 3.8) is 0 Å². The van der Waals surface area contributed by atoms with Crippen molar-refractivity contribution in [1.29, 1.82) is 0 Å². The Morgan fingerprint density at radius 1 is 1.03 bits per heavy atom. The molecule has 0 unspecified atom stereocenters. The van der Waals surface area contributed by atoms with Crippen molar-refractivity contribution in [3.8, 4) is 17.2 Å². The number of rotatable bonds is 10. The van der Waals surface area contributed by atoms with E-state index in [4.69, 9.17) is 18.9 Å². The van der Waals surface area contributed by atoms with Gasteiger partial charge >= 0.3 is 5.97 Å². The van der Waals surface area contributed by atoms with Gasteiger partial charge in [-0.15, -0.1) is 0 Å². The Hall–Kier alpha value is -3.46. The molecular formula is C25H28N2O6S. The molecule has 3 rings (SSSR count). The van der Waals surface area contributed by atoms with Crippen molar-refractivity contribution in [2.24, 2.45) is 4.99 Å². The highest BCUT2D eigenvalue weighted by Gasteiger charge is 2.32. The van der Waals surface area contributed by atoms with Crippen molar-refractivity contribution in [3.05, 3.63) is 53.7 Å². The summed E-state index contributed by atoms with van der Waals surface area (Å²) in [5, 5.41) is 0.540. The van der Waals surface area contributed by atoms with E-state index in [0.29, 0.717) is 58.9 Å². The van der Waals surface area contributed by atoms with Crippen molar-refractivity contribution in [1.82, 2.24) is 0 Å². The molecular weight excluding hydrogens is 456 g/mol. The molecule has 1 heterocycles. The van der Waals surface area contributed by atoms with E-state index in [-0.39, 0.29) is 17.6 Å². The molecule has 1 amide bonds. The number of carbonyl (C=O) groups excluding carboxylic acids is 2. The summed E-state index contributed by atoms with van der Waals surface area (Å²) in [7, 11) is 4.73. The minimum absolute atomic E-state index is 0.230. The number of anilines is 1. The van der Waals surface area contributed by atoms with E-state index < -0.39 is 0 Å². The summed E-state index contributed by atoms with van der Waals surface area (Å²) in [5.74, 6) is 2.04. The van der Waals surface area contributed by atoms with Gasteiger partial charge in [0, 0.05) is 23.8 Å². The Morgan fingerprint density at radius 3 is 2.38 bits per heavy atom. The normalized spacial score (nSPS) is 14.2. The van der Waals surface area contributed by atoms with Crippen molar-refractivity contribution >= 4 is 40.6 Å². The summed E-state index contributed by atoms with van der Waals surface area (Å²) in [6, 6.07) is 12.6. The fourth-order valence-corrected chi connectivity index (χ4v) is 4.20. The number of aliphatic imine (C=N–C) groups is 1. The molecule has 2 aromatic rings. The highest BCUT2D eigenvalue weighted by molar-refractivity contribution is 8.14. The molecule has 0 saturated heterocycles. The highest BCUT2D eigenvalue weighted by Crippen LogP contribution is 2.33. The van der Waals surface area contributed by atoms with Crippen LogP contribution >= 0.6 is 11.8 Å². The lowest BCUT2D eigenvalue weighted by Gasteiger charge is -2.18. The average molecular weight is 485 g/mol. The van der Waals surface area contributed by atoms with Crippen molar-refractivity contribution in [2.75, 3.05) is 38.6 Å². The molecule has 2 aromatic carbocycles. The van der Waals surface area contributed by atoms with Crippen LogP contribution < -0.4 is 19.1 Å². The number of methoxy groups -OCH3 is 3. The van der Waals surface area contributed by atoms with E-state index in [0.717, 1.165) is 0 Å². The number of nitrogens with zero attached hydrogens (tertiary/aromatic N) is 2. The number of hydrogen-bond donors (Lipinski definition) is 0. The topological polar surface area (TPSA) is 86.7 Å². The van der Waals surface area contributed by atoms with Crippen LogP contribution in [-0.2, 0) is 14.3 Å². The maximum atomic E-state index is 13.4. The molecule has 0 fully saturated rings. The fourth-order valence-electron chi connectivity index (χ4n) is 3.25. The maximum Gasteiger partial charge on any atom is 0.305 e. The van der Waals surface area contributed by atoms with Crippen LogP contribution in [0.1, 0.15) is 25.3 Å².